The summed E-state index contributed by atoms with van der Waals surface area (Å²) in [7, 11) is 0. The first-order valence-corrected chi connectivity index (χ1v) is 6.02. The molecule has 1 aliphatic rings. The second kappa shape index (κ2) is 5.71. The molecule has 1 aromatic carbocycles. The molecule has 1 heterocycles. The van der Waals surface area contributed by atoms with E-state index in [1.165, 1.54) is 0 Å². The third-order valence-corrected chi connectivity index (χ3v) is 2.94. The van der Waals surface area contributed by atoms with E-state index in [-0.39, 0.29) is 18.9 Å². The van der Waals surface area contributed by atoms with Crippen molar-refractivity contribution in [2.45, 2.75) is 18.9 Å². The van der Waals surface area contributed by atoms with E-state index in [9.17, 15) is 9.59 Å². The highest BCUT2D eigenvalue weighted by atomic mass is 16.5. The van der Waals surface area contributed by atoms with Gasteiger partial charge in [-0.05, 0) is 23.8 Å². The van der Waals surface area contributed by atoms with E-state index in [0.29, 0.717) is 12.2 Å². The number of ether oxygens (including phenoxy) is 1. The Morgan fingerprint density at radius 1 is 1.42 bits per heavy atom. The Morgan fingerprint density at radius 2 is 2.21 bits per heavy atom. The number of hydrogen-bond donors (Lipinski definition) is 3. The molecule has 0 radical (unpaired) electrons. The van der Waals surface area contributed by atoms with E-state index in [0.717, 1.165) is 17.7 Å². The van der Waals surface area contributed by atoms with Crippen LogP contribution in [-0.2, 0) is 11.2 Å². The minimum Gasteiger partial charge on any atom is -0.493 e. The third kappa shape index (κ3) is 3.23. The van der Waals surface area contributed by atoms with Crippen molar-refractivity contribution in [2.24, 2.45) is 0 Å². The Kier molecular flexibility index (Phi) is 4.01. The number of aliphatic hydroxyl groups excluding tert-OH is 1. The van der Waals surface area contributed by atoms with Crippen molar-refractivity contribution in [1.82, 2.24) is 5.32 Å². The predicted molar refractivity (Wildman–Crippen MR) is 66.2 cm³/mol. The molecule has 0 saturated carbocycles. The zero-order valence-corrected chi connectivity index (χ0v) is 10.3. The molecule has 6 nitrogen and oxygen atoms in total. The van der Waals surface area contributed by atoms with Gasteiger partial charge in [0, 0.05) is 24.9 Å². The van der Waals surface area contributed by atoms with Crippen molar-refractivity contribution in [2.75, 3.05) is 13.2 Å². The van der Waals surface area contributed by atoms with Crippen LogP contribution >= 0.6 is 0 Å². The quantitative estimate of drug-likeness (QED) is 0.706. The van der Waals surface area contributed by atoms with Crippen molar-refractivity contribution in [3.8, 4) is 5.75 Å². The van der Waals surface area contributed by atoms with E-state index in [1.54, 1.807) is 18.2 Å². The van der Waals surface area contributed by atoms with Crippen LogP contribution in [0.3, 0.4) is 0 Å². The van der Waals surface area contributed by atoms with Crippen LogP contribution in [-0.4, -0.2) is 41.3 Å². The van der Waals surface area contributed by atoms with E-state index in [4.69, 9.17) is 14.9 Å². The van der Waals surface area contributed by atoms with Gasteiger partial charge in [-0.2, -0.15) is 0 Å². The lowest BCUT2D eigenvalue weighted by atomic mass is 10.1. The number of aliphatic hydroxyl groups is 1. The van der Waals surface area contributed by atoms with Crippen LogP contribution in [0.5, 0.6) is 5.75 Å². The number of fused-ring (bicyclic) bond motifs is 1. The summed E-state index contributed by atoms with van der Waals surface area (Å²) < 4.78 is 5.34. The fourth-order valence-electron chi connectivity index (χ4n) is 1.88. The zero-order valence-electron chi connectivity index (χ0n) is 10.3. The highest BCUT2D eigenvalue weighted by Gasteiger charge is 2.16. The number of carbonyl (C=O) groups is 2. The normalized spacial score (nSPS) is 14.4. The summed E-state index contributed by atoms with van der Waals surface area (Å²) in [4.78, 5) is 22.2. The van der Waals surface area contributed by atoms with Gasteiger partial charge in [0.05, 0.1) is 6.61 Å². The predicted octanol–water partition coefficient (Wildman–Crippen LogP) is 0.187. The smallest absolute Gasteiger partial charge is 0.332 e. The summed E-state index contributed by atoms with van der Waals surface area (Å²) in [5.74, 6) is -0.769. The monoisotopic (exact) mass is 265 g/mol. The molecule has 6 heteroatoms. The molecule has 1 amide bonds. The Hall–Kier alpha value is -2.08. The lowest BCUT2D eigenvalue weighted by Gasteiger charge is -2.08. The Morgan fingerprint density at radius 3 is 2.95 bits per heavy atom. The minimum atomic E-state index is -1.45. The summed E-state index contributed by atoms with van der Waals surface area (Å²) in [6.45, 7) is 0.741. The Labute approximate surface area is 110 Å². The highest BCUT2D eigenvalue weighted by molar-refractivity contribution is 5.94. The Bertz CT molecular complexity index is 500. The van der Waals surface area contributed by atoms with Crippen LogP contribution in [0.15, 0.2) is 18.2 Å². The topological polar surface area (TPSA) is 95.9 Å². The van der Waals surface area contributed by atoms with Crippen molar-refractivity contribution in [3.63, 3.8) is 0 Å². The third-order valence-electron chi connectivity index (χ3n) is 2.94. The zero-order chi connectivity index (χ0) is 13.8. The molecular formula is C13H15NO5. The number of benzene rings is 1. The number of hydrogen-bond acceptors (Lipinski definition) is 4. The van der Waals surface area contributed by atoms with Gasteiger partial charge in [-0.3, -0.25) is 4.79 Å². The highest BCUT2D eigenvalue weighted by Crippen LogP contribution is 2.25. The maximum Gasteiger partial charge on any atom is 0.332 e. The molecule has 102 valence electrons. The Balaban J connectivity index is 1.88. The number of amides is 1. The van der Waals surface area contributed by atoms with Gasteiger partial charge < -0.3 is 20.3 Å². The van der Waals surface area contributed by atoms with E-state index >= 15 is 0 Å². The van der Waals surface area contributed by atoms with Gasteiger partial charge in [0.2, 0.25) is 0 Å². The van der Waals surface area contributed by atoms with Crippen LogP contribution in [0.4, 0.5) is 0 Å². The van der Waals surface area contributed by atoms with Crippen molar-refractivity contribution >= 4 is 11.9 Å². The van der Waals surface area contributed by atoms with Crippen LogP contribution in [0.1, 0.15) is 22.3 Å². The summed E-state index contributed by atoms with van der Waals surface area (Å²) in [5, 5.41) is 20.1. The van der Waals surface area contributed by atoms with Gasteiger partial charge in [-0.1, -0.05) is 0 Å². The number of carboxylic acids is 1. The van der Waals surface area contributed by atoms with Gasteiger partial charge in [-0.15, -0.1) is 0 Å². The summed E-state index contributed by atoms with van der Waals surface area (Å²) >= 11 is 0. The first-order chi connectivity index (χ1) is 9.08. The maximum atomic E-state index is 11.8. The summed E-state index contributed by atoms with van der Waals surface area (Å²) in [6, 6.07) is 5.18. The standard InChI is InChI=1S/C13H15NO5/c15-10(13(17)18)3-5-14-12(16)9-1-2-11-8(7-9)4-6-19-11/h1-2,7,10,15H,3-6H2,(H,14,16)(H,17,18)/t10-/m0/s1. The number of aliphatic carboxylic acids is 1. The molecule has 3 N–H and O–H groups in total. The minimum absolute atomic E-state index is 0.0187. The van der Waals surface area contributed by atoms with E-state index in [2.05, 4.69) is 5.32 Å². The lowest BCUT2D eigenvalue weighted by molar-refractivity contribution is -0.146. The van der Waals surface area contributed by atoms with Gasteiger partial charge in [0.1, 0.15) is 5.75 Å². The van der Waals surface area contributed by atoms with Crippen molar-refractivity contribution < 1.29 is 24.5 Å². The molecule has 1 aromatic rings. The number of nitrogens with one attached hydrogen (secondary N) is 1. The van der Waals surface area contributed by atoms with Gasteiger partial charge in [0.25, 0.3) is 5.91 Å². The van der Waals surface area contributed by atoms with E-state index in [1.807, 2.05) is 0 Å². The van der Waals surface area contributed by atoms with Crippen LogP contribution < -0.4 is 10.1 Å². The second-order valence-electron chi connectivity index (χ2n) is 4.32. The van der Waals surface area contributed by atoms with Crippen LogP contribution in [0.25, 0.3) is 0 Å². The van der Waals surface area contributed by atoms with Gasteiger partial charge >= 0.3 is 5.97 Å². The van der Waals surface area contributed by atoms with Crippen LogP contribution in [0.2, 0.25) is 0 Å². The number of rotatable bonds is 5. The second-order valence-corrected chi connectivity index (χ2v) is 4.32. The molecule has 0 aliphatic carbocycles. The molecule has 19 heavy (non-hydrogen) atoms. The molecule has 0 fully saturated rings. The first-order valence-electron chi connectivity index (χ1n) is 6.02. The van der Waals surface area contributed by atoms with Gasteiger partial charge in [-0.25, -0.2) is 4.79 Å². The molecule has 0 bridgehead atoms. The molecular weight excluding hydrogens is 250 g/mol. The molecule has 1 aliphatic heterocycles. The molecule has 0 aromatic heterocycles. The molecule has 0 saturated heterocycles. The van der Waals surface area contributed by atoms with Crippen molar-refractivity contribution in [3.05, 3.63) is 29.3 Å². The number of carboxylic acid groups (broad SMARTS) is 1. The summed E-state index contributed by atoms with van der Waals surface area (Å²) in [5.41, 5.74) is 1.51. The van der Waals surface area contributed by atoms with Crippen LogP contribution in [0, 0.1) is 0 Å². The molecule has 0 spiro atoms. The fourth-order valence-corrected chi connectivity index (χ4v) is 1.88. The fraction of sp³-hybridized carbons (Fsp3) is 0.385. The number of carbonyl (C=O) groups excluding carboxylic acids is 1. The molecule has 2 rings (SSSR count). The SMILES string of the molecule is O=C(NCC[C@H](O)C(=O)O)c1ccc2c(c1)CCO2. The van der Waals surface area contributed by atoms with Gasteiger partial charge in [0.15, 0.2) is 6.10 Å². The largest absolute Gasteiger partial charge is 0.493 e. The average Bonchev–Trinajstić information content (AvgIpc) is 2.85. The maximum absolute atomic E-state index is 11.8. The summed E-state index contributed by atoms with van der Waals surface area (Å²) in [6.07, 6.45) is -0.683. The van der Waals surface area contributed by atoms with Crippen molar-refractivity contribution in [1.29, 1.82) is 0 Å². The first kappa shape index (κ1) is 13.4. The molecule has 1 atom stereocenters. The lowest BCUT2D eigenvalue weighted by Crippen LogP contribution is -2.30. The molecule has 0 unspecified atom stereocenters. The van der Waals surface area contributed by atoms with E-state index < -0.39 is 12.1 Å². The average molecular weight is 265 g/mol.